The molecule has 1 aromatic carbocycles. The van der Waals surface area contributed by atoms with E-state index in [1.165, 1.54) is 32.3 Å². The Balaban J connectivity index is 0.000000312. The highest BCUT2D eigenvalue weighted by Crippen LogP contribution is 2.58. The molecular weight excluding hydrogens is 1130 g/mol. The van der Waals surface area contributed by atoms with Gasteiger partial charge in [0.25, 0.3) is 0 Å². The largest absolute Gasteiger partial charge is 0.468 e. The molecule has 0 amide bonds. The predicted molar refractivity (Wildman–Crippen MR) is 346 cm³/mol. The number of fused-ring (bicyclic) bond motifs is 3. The number of hydrogen-bond donors (Lipinski definition) is 1. The summed E-state index contributed by atoms with van der Waals surface area (Å²) in [6.45, 7) is 52.5. The van der Waals surface area contributed by atoms with Crippen molar-refractivity contribution >= 4 is 64.0 Å². The lowest BCUT2D eigenvalue weighted by atomic mass is 9.69. The van der Waals surface area contributed by atoms with Gasteiger partial charge in [0.15, 0.2) is 28.5 Å². The molecule has 0 radical (unpaired) electrons. The van der Waals surface area contributed by atoms with Crippen LogP contribution in [0.4, 0.5) is 0 Å². The number of esters is 3. The fourth-order valence-electron chi connectivity index (χ4n) is 12.0. The second-order valence-corrected chi connectivity index (χ2v) is 37.6. The Bertz CT molecular complexity index is 2700. The maximum atomic E-state index is 13.1. The summed E-state index contributed by atoms with van der Waals surface area (Å²) in [5, 5.41) is 12.3. The number of methoxy groups -OCH3 is 2. The number of benzene rings is 1. The van der Waals surface area contributed by atoms with Gasteiger partial charge in [-0.05, 0) is 172 Å². The van der Waals surface area contributed by atoms with Crippen LogP contribution in [0.1, 0.15) is 154 Å². The summed E-state index contributed by atoms with van der Waals surface area (Å²) in [5.41, 5.74) is 4.50. The number of ether oxygens (including phenoxy) is 4. The second kappa shape index (κ2) is 29.8. The molecule has 476 valence electrons. The van der Waals surface area contributed by atoms with E-state index in [1.807, 2.05) is 56.9 Å². The normalized spacial score (nSPS) is 26.6. The van der Waals surface area contributed by atoms with E-state index in [1.54, 1.807) is 41.5 Å². The van der Waals surface area contributed by atoms with Crippen molar-refractivity contribution in [1.29, 1.82) is 0 Å². The van der Waals surface area contributed by atoms with Crippen molar-refractivity contribution in [3.8, 4) is 0 Å². The van der Waals surface area contributed by atoms with Gasteiger partial charge in [-0.2, -0.15) is 0 Å². The average Bonchev–Trinajstić information content (AvgIpc) is 1.59. The third-order valence-electron chi connectivity index (χ3n) is 19.1. The van der Waals surface area contributed by atoms with Crippen LogP contribution in [0.15, 0.2) is 101 Å². The first kappa shape index (κ1) is 74.9. The fraction of sp³-hybridized carbons (Fsp3) is 0.652. The smallest absolute Gasteiger partial charge is 0.344 e. The van der Waals surface area contributed by atoms with Crippen LogP contribution in [0.5, 0.6) is 0 Å². The monoisotopic (exact) mass is 1230 g/mol. The zero-order valence-corrected chi connectivity index (χ0v) is 58.7. The van der Waals surface area contributed by atoms with Crippen LogP contribution in [0, 0.1) is 46.3 Å². The number of aldehydes is 1. The molecule has 1 aliphatic heterocycles. The lowest BCUT2D eigenvalue weighted by Gasteiger charge is -2.41. The van der Waals surface area contributed by atoms with Gasteiger partial charge in [-0.25, -0.2) is 4.79 Å². The van der Waals surface area contributed by atoms with E-state index in [0.717, 1.165) is 71.0 Å². The predicted octanol–water partition coefficient (Wildman–Crippen LogP) is 15.0. The molecule has 0 spiro atoms. The van der Waals surface area contributed by atoms with Crippen molar-refractivity contribution in [3.05, 3.63) is 106 Å². The molecule has 1 saturated carbocycles. The number of carbonyl (C=O) groups excluding carboxylic acids is 6. The van der Waals surface area contributed by atoms with Gasteiger partial charge in [-0.3, -0.25) is 24.0 Å². The number of ketones is 2. The molecule has 4 aliphatic carbocycles. The molecule has 6 rings (SSSR count). The average molecular weight is 1240 g/mol. The number of halogens is 1. The molecular formula is C69H107ClO13Si2. The van der Waals surface area contributed by atoms with Gasteiger partial charge in [-0.15, -0.1) is 11.6 Å². The Morgan fingerprint density at radius 3 is 1.95 bits per heavy atom. The summed E-state index contributed by atoms with van der Waals surface area (Å²) in [6.07, 6.45) is 7.42. The highest BCUT2D eigenvalue weighted by Gasteiger charge is 2.69. The van der Waals surface area contributed by atoms with Gasteiger partial charge in [0.2, 0.25) is 5.60 Å². The summed E-state index contributed by atoms with van der Waals surface area (Å²) >= 11 is 5.92. The van der Waals surface area contributed by atoms with Crippen molar-refractivity contribution in [3.63, 3.8) is 0 Å². The number of rotatable bonds is 19. The fourth-order valence-corrected chi connectivity index (χ4v) is 15.0. The Morgan fingerprint density at radius 2 is 1.45 bits per heavy atom. The summed E-state index contributed by atoms with van der Waals surface area (Å²) in [4.78, 5) is 71.9. The molecule has 1 heterocycles. The minimum Gasteiger partial charge on any atom is -0.468 e. The topological polar surface area (TPSA) is 178 Å². The lowest BCUT2D eigenvalue weighted by Crippen LogP contribution is -2.58. The first-order chi connectivity index (χ1) is 39.0. The first-order valence-corrected chi connectivity index (χ1v) is 37.2. The number of allylic oxidation sites excluding steroid dienone is 6. The van der Waals surface area contributed by atoms with Gasteiger partial charge in [-0.1, -0.05) is 132 Å². The minimum atomic E-state index is -2.18. The molecule has 1 aromatic rings. The van der Waals surface area contributed by atoms with Crippen molar-refractivity contribution < 1.29 is 61.7 Å². The van der Waals surface area contributed by atoms with E-state index < -0.39 is 68.7 Å². The maximum absolute atomic E-state index is 13.1. The zero-order chi connectivity index (χ0) is 65.3. The molecule has 0 aromatic heterocycles. The van der Waals surface area contributed by atoms with Crippen LogP contribution in [0.3, 0.4) is 0 Å². The SMILES string of the molecule is C=C(CCl)[C@@H]1CC=C(C)[C@H](O[Si](C)(C)C(C)(C)C)C1.C=C(C[C@H](C)C(=O)[C@](C)(O[Si](C)(C)C)C(=O)OC)[C@H]1C[C@@H](C)C(C)=C1C=O.C=C1C[C@H](OCc2ccccc2)[C@]2(O)[C@H](OC(=O)C2(C)C)C2=C(C)[C@H](C)C[C@H]12.CCC(=O)C(C)(C)C(=O)OC. The first-order valence-electron chi connectivity index (χ1n) is 30.3. The van der Waals surface area contributed by atoms with Crippen LogP contribution < -0.4 is 0 Å². The highest BCUT2D eigenvalue weighted by molar-refractivity contribution is 6.74. The third-order valence-corrected chi connectivity index (χ3v) is 24.9. The van der Waals surface area contributed by atoms with Gasteiger partial charge in [0.1, 0.15) is 23.1 Å². The number of hydrogen-bond acceptors (Lipinski definition) is 13. The van der Waals surface area contributed by atoms with Crippen LogP contribution >= 0.6 is 11.6 Å². The molecule has 0 bridgehead atoms. The van der Waals surface area contributed by atoms with Crippen molar-refractivity contribution in [2.24, 2.45) is 46.3 Å². The number of aliphatic hydroxyl groups is 1. The molecule has 1 N–H and O–H groups in total. The summed E-state index contributed by atoms with van der Waals surface area (Å²) in [7, 11) is -1.35. The minimum absolute atomic E-state index is 0.0324. The van der Waals surface area contributed by atoms with Crippen molar-refractivity contribution in [1.82, 2.24) is 0 Å². The maximum Gasteiger partial charge on any atom is 0.344 e. The van der Waals surface area contributed by atoms with E-state index in [4.69, 9.17) is 34.7 Å². The van der Waals surface area contributed by atoms with E-state index in [2.05, 4.69) is 92.1 Å². The zero-order valence-electron chi connectivity index (χ0n) is 55.9. The third kappa shape index (κ3) is 17.3. The molecule has 16 heteroatoms. The highest BCUT2D eigenvalue weighted by atomic mass is 35.5. The molecule has 5 aliphatic rings. The van der Waals surface area contributed by atoms with Crippen LogP contribution in [-0.2, 0) is 63.2 Å². The Hall–Kier alpha value is -4.36. The van der Waals surface area contributed by atoms with Gasteiger partial charge in [0, 0.05) is 30.1 Å². The second-order valence-electron chi connectivity index (χ2n) is 28.2. The Kier molecular flexibility index (Phi) is 26.2. The van der Waals surface area contributed by atoms with Crippen LogP contribution in [0.2, 0.25) is 37.8 Å². The number of carbonyl (C=O) groups is 6. The number of Topliss-reactive ketones (excluding diaryl/α,β-unsaturated/α-hetero) is 2. The molecule has 13 nitrogen and oxygen atoms in total. The quantitative estimate of drug-likeness (QED) is 0.0263. The summed E-state index contributed by atoms with van der Waals surface area (Å²) in [6, 6.07) is 9.89. The Labute approximate surface area is 518 Å². The molecule has 85 heavy (non-hydrogen) atoms. The van der Waals surface area contributed by atoms with Crippen LogP contribution in [-0.4, -0.2) is 107 Å². The lowest BCUT2D eigenvalue weighted by molar-refractivity contribution is -0.168. The standard InChI is InChI=1S/C24H30O4.C21H34O5Si.C16H29ClOSi.C8H14O3/c1-14-11-18-15(2)12-19(27-13-17-9-7-6-8-10-17)24(26)21(20(18)16(14)3)28-22(25)23(24,4)5;1-13-11-17(18(12-22)16(13)4)14(2)10-15(3)19(23)21(5,20(24)25-6)26-27(7,8)9;1-12-8-9-14(13(2)11-17)10-15(12)18-19(6,7)16(3,4)5;1-5-6(9)8(2,3)7(10)11-4/h6-10,14,18-19,21,26H,2,11-13H2,1,3-5H3;12-13,15,17H,2,10-11H2,1,3-9H3;8,14-15H,2,9-11H2,1,3-7H3;5H2,1-4H3/t14-,18-,19+,21-,24+;13-,15+,17-,21+;14-,15-;/m111./s1. The van der Waals surface area contributed by atoms with Crippen molar-refractivity contribution in [2.75, 3.05) is 20.1 Å². The molecule has 11 atom stereocenters. The molecule has 0 unspecified atom stereocenters. The summed E-state index contributed by atoms with van der Waals surface area (Å²) in [5.74, 6) is -0.508. The molecule has 2 fully saturated rings. The summed E-state index contributed by atoms with van der Waals surface area (Å²) < 4.78 is 34.0. The van der Waals surface area contributed by atoms with Gasteiger partial charge < -0.3 is 32.9 Å². The van der Waals surface area contributed by atoms with Gasteiger partial charge >= 0.3 is 17.9 Å². The van der Waals surface area contributed by atoms with E-state index in [0.29, 0.717) is 49.5 Å². The molecule has 1 saturated heterocycles. The Morgan fingerprint density at radius 1 is 0.882 bits per heavy atom. The van der Waals surface area contributed by atoms with E-state index in [-0.39, 0.29) is 40.5 Å². The van der Waals surface area contributed by atoms with E-state index >= 15 is 0 Å². The van der Waals surface area contributed by atoms with E-state index in [9.17, 15) is 33.9 Å². The van der Waals surface area contributed by atoms with Crippen molar-refractivity contribution in [2.45, 2.75) is 223 Å². The number of alkyl halides is 1. The van der Waals surface area contributed by atoms with Crippen LogP contribution in [0.25, 0.3) is 0 Å². The van der Waals surface area contributed by atoms with Gasteiger partial charge in [0.05, 0.1) is 38.4 Å².